The molecule has 0 aliphatic carbocycles. The van der Waals surface area contributed by atoms with E-state index in [2.05, 4.69) is 20.3 Å². The number of hydrogen-bond donors (Lipinski definition) is 1. The molecule has 0 atom stereocenters. The number of aromatic nitrogens is 5. The highest BCUT2D eigenvalue weighted by Crippen LogP contribution is 2.15. The minimum atomic E-state index is -3.57. The fourth-order valence-corrected chi connectivity index (χ4v) is 2.37. The van der Waals surface area contributed by atoms with Crippen molar-refractivity contribution in [3.05, 3.63) is 28.8 Å². The first-order valence-corrected chi connectivity index (χ1v) is 6.79. The second-order valence-corrected chi connectivity index (χ2v) is 5.69. The van der Waals surface area contributed by atoms with Crippen LogP contribution in [0.15, 0.2) is 28.4 Å². The van der Waals surface area contributed by atoms with Crippen LogP contribution in [0.3, 0.4) is 0 Å². The number of pyridine rings is 1. The van der Waals surface area contributed by atoms with Gasteiger partial charge in [-0.3, -0.25) is 14.9 Å². The molecule has 92 valence electrons. The lowest BCUT2D eigenvalue weighted by molar-refractivity contribution is 0.586. The third-order valence-electron chi connectivity index (χ3n) is 2.48. The van der Waals surface area contributed by atoms with Crippen molar-refractivity contribution in [1.82, 2.24) is 24.8 Å². The van der Waals surface area contributed by atoms with Crippen LogP contribution in [0.1, 0.15) is 0 Å². The molecule has 0 radical (unpaired) electrons. The Labute approximate surface area is 100 Å². The number of fused-ring (bicyclic) bond motifs is 3. The van der Waals surface area contributed by atoms with Gasteiger partial charge in [-0.25, -0.2) is 12.9 Å². The van der Waals surface area contributed by atoms with E-state index in [4.69, 9.17) is 0 Å². The predicted molar refractivity (Wildman–Crippen MR) is 62.0 cm³/mol. The molecular formula is C9H7N5O3S. The van der Waals surface area contributed by atoms with Gasteiger partial charge in [-0.1, -0.05) is 0 Å². The molecule has 0 aromatic carbocycles. The monoisotopic (exact) mass is 265 g/mol. The van der Waals surface area contributed by atoms with Gasteiger partial charge in [0, 0.05) is 18.6 Å². The molecule has 0 saturated heterocycles. The maximum Gasteiger partial charge on any atom is 0.271 e. The number of hydrogen-bond acceptors (Lipinski definition) is 6. The van der Waals surface area contributed by atoms with Gasteiger partial charge in [0.2, 0.25) is 9.84 Å². The summed E-state index contributed by atoms with van der Waals surface area (Å²) in [7, 11) is -3.57. The maximum absolute atomic E-state index is 11.8. The van der Waals surface area contributed by atoms with E-state index >= 15 is 0 Å². The first-order chi connectivity index (χ1) is 8.48. The van der Waals surface area contributed by atoms with Crippen molar-refractivity contribution in [2.24, 2.45) is 0 Å². The molecule has 1 N–H and O–H groups in total. The summed E-state index contributed by atoms with van der Waals surface area (Å²) in [5.74, 6) is 0. The second-order valence-electron chi connectivity index (χ2n) is 3.78. The van der Waals surface area contributed by atoms with E-state index in [1.807, 2.05) is 0 Å². The van der Waals surface area contributed by atoms with Gasteiger partial charge < -0.3 is 0 Å². The summed E-state index contributed by atoms with van der Waals surface area (Å²) < 4.78 is 24.0. The Morgan fingerprint density at radius 2 is 2.06 bits per heavy atom. The molecule has 3 rings (SSSR count). The first kappa shape index (κ1) is 10.8. The normalized spacial score (nSPS) is 12.3. The zero-order valence-corrected chi connectivity index (χ0v) is 9.97. The first-order valence-electron chi connectivity index (χ1n) is 4.89. The van der Waals surface area contributed by atoms with Gasteiger partial charge in [0.25, 0.3) is 10.7 Å². The molecule has 0 spiro atoms. The number of aromatic amines is 1. The summed E-state index contributed by atoms with van der Waals surface area (Å²) in [6.45, 7) is 0. The lowest BCUT2D eigenvalue weighted by Gasteiger charge is -2.00. The molecule has 9 heteroatoms. The van der Waals surface area contributed by atoms with Gasteiger partial charge >= 0.3 is 0 Å². The Morgan fingerprint density at radius 1 is 1.28 bits per heavy atom. The lowest BCUT2D eigenvalue weighted by atomic mass is 10.2. The number of H-pyrrole nitrogens is 1. The third-order valence-corrected chi connectivity index (χ3v) is 3.41. The summed E-state index contributed by atoms with van der Waals surface area (Å²) in [4.78, 5) is 15.7. The zero-order valence-electron chi connectivity index (χ0n) is 9.15. The number of nitrogens with zero attached hydrogens (tertiary/aromatic N) is 4. The van der Waals surface area contributed by atoms with Gasteiger partial charge in [-0.05, 0) is 6.07 Å². The van der Waals surface area contributed by atoms with Gasteiger partial charge in [0.15, 0.2) is 5.65 Å². The Bertz CT molecular complexity index is 924. The van der Waals surface area contributed by atoms with Crippen LogP contribution < -0.4 is 5.56 Å². The largest absolute Gasteiger partial charge is 0.271 e. The van der Waals surface area contributed by atoms with Gasteiger partial charge in [-0.2, -0.15) is 0 Å². The van der Waals surface area contributed by atoms with Crippen LogP contribution in [0, 0.1) is 0 Å². The quantitative estimate of drug-likeness (QED) is 0.627. The smallest absolute Gasteiger partial charge is 0.267 e. The van der Waals surface area contributed by atoms with Crippen LogP contribution in [0.25, 0.3) is 16.4 Å². The van der Waals surface area contributed by atoms with E-state index in [9.17, 15) is 13.2 Å². The van der Waals surface area contributed by atoms with Gasteiger partial charge in [0.1, 0.15) is 0 Å². The Kier molecular flexibility index (Phi) is 2.02. The average molecular weight is 265 g/mol. The third kappa shape index (κ3) is 1.40. The maximum atomic E-state index is 11.8. The predicted octanol–water partition coefficient (Wildman–Crippen LogP) is -0.631. The van der Waals surface area contributed by atoms with Crippen molar-refractivity contribution in [3.8, 4) is 0 Å². The van der Waals surface area contributed by atoms with Crippen LogP contribution in [0.2, 0.25) is 0 Å². The van der Waals surface area contributed by atoms with E-state index in [-0.39, 0.29) is 10.8 Å². The molecule has 0 unspecified atom stereocenters. The lowest BCUT2D eigenvalue weighted by Crippen LogP contribution is -2.15. The number of rotatable bonds is 1. The summed E-state index contributed by atoms with van der Waals surface area (Å²) in [5, 5.41) is 10.3. The standard InChI is InChI=1S/C9H7N5O3S/c1-18(16,17)9-12-11-7-6-4-10-3-2-5(6)8(15)13-14(7)9/h2-4H,1H3,(H,13,15). The Balaban J connectivity index is 2.61. The van der Waals surface area contributed by atoms with Crippen LogP contribution in [-0.2, 0) is 9.84 Å². The topological polar surface area (TPSA) is 110 Å². The van der Waals surface area contributed by atoms with Crippen molar-refractivity contribution in [2.45, 2.75) is 5.16 Å². The molecule has 8 nitrogen and oxygen atoms in total. The minimum Gasteiger partial charge on any atom is -0.267 e. The number of sulfone groups is 1. The SMILES string of the molecule is CS(=O)(=O)c1nnc2c3cnccc3c(=O)[nH]n12. The van der Waals surface area contributed by atoms with Crippen molar-refractivity contribution in [1.29, 1.82) is 0 Å². The second kappa shape index (κ2) is 3.35. The zero-order chi connectivity index (χ0) is 12.9. The van der Waals surface area contributed by atoms with E-state index in [1.54, 1.807) is 0 Å². The molecule has 18 heavy (non-hydrogen) atoms. The highest BCUT2D eigenvalue weighted by Gasteiger charge is 2.19. The van der Waals surface area contributed by atoms with Crippen molar-refractivity contribution in [2.75, 3.05) is 6.26 Å². The van der Waals surface area contributed by atoms with E-state index in [1.165, 1.54) is 18.5 Å². The van der Waals surface area contributed by atoms with E-state index in [0.717, 1.165) is 10.8 Å². The number of nitrogens with one attached hydrogen (secondary N) is 1. The minimum absolute atomic E-state index is 0.248. The Morgan fingerprint density at radius 3 is 2.78 bits per heavy atom. The summed E-state index contributed by atoms with van der Waals surface area (Å²) >= 11 is 0. The van der Waals surface area contributed by atoms with Crippen molar-refractivity contribution in [3.63, 3.8) is 0 Å². The van der Waals surface area contributed by atoms with Crippen molar-refractivity contribution >= 4 is 26.3 Å². The van der Waals surface area contributed by atoms with Crippen molar-refractivity contribution < 1.29 is 8.42 Å². The fourth-order valence-electron chi connectivity index (χ4n) is 1.72. The van der Waals surface area contributed by atoms with Crippen LogP contribution >= 0.6 is 0 Å². The van der Waals surface area contributed by atoms with E-state index < -0.39 is 15.4 Å². The summed E-state index contributed by atoms with van der Waals surface area (Å²) in [6, 6.07) is 1.53. The van der Waals surface area contributed by atoms with Gasteiger partial charge in [-0.15, -0.1) is 10.2 Å². The molecule has 3 aromatic rings. The molecule has 0 fully saturated rings. The Hall–Kier alpha value is -2.29. The summed E-state index contributed by atoms with van der Waals surface area (Å²) in [6.07, 6.45) is 3.91. The van der Waals surface area contributed by atoms with Crippen LogP contribution in [0.5, 0.6) is 0 Å². The van der Waals surface area contributed by atoms with Crippen LogP contribution in [0.4, 0.5) is 0 Å². The van der Waals surface area contributed by atoms with E-state index in [0.29, 0.717) is 10.8 Å². The van der Waals surface area contributed by atoms with Crippen LogP contribution in [-0.4, -0.2) is 39.5 Å². The van der Waals surface area contributed by atoms with Gasteiger partial charge in [0.05, 0.1) is 10.8 Å². The highest BCUT2D eigenvalue weighted by atomic mass is 32.2. The highest BCUT2D eigenvalue weighted by molar-refractivity contribution is 7.90. The fraction of sp³-hybridized carbons (Fsp3) is 0.111. The summed E-state index contributed by atoms with van der Waals surface area (Å²) in [5.41, 5.74) is -0.178. The molecule has 0 amide bonds. The molecule has 0 aliphatic rings. The molecular weight excluding hydrogens is 258 g/mol. The molecule has 0 aliphatic heterocycles. The molecule has 0 saturated carbocycles. The molecule has 0 bridgehead atoms. The molecule has 3 heterocycles. The average Bonchev–Trinajstić information content (AvgIpc) is 2.73. The molecule has 3 aromatic heterocycles.